The molecular formula is C45H80NO8P. The molecule has 0 spiro atoms. The van der Waals surface area contributed by atoms with E-state index in [1.54, 1.807) is 0 Å². The van der Waals surface area contributed by atoms with Crippen molar-refractivity contribution in [2.75, 3.05) is 26.4 Å². The van der Waals surface area contributed by atoms with E-state index in [1.807, 2.05) is 0 Å². The summed E-state index contributed by atoms with van der Waals surface area (Å²) in [6, 6.07) is 0. The molecule has 0 aliphatic carbocycles. The van der Waals surface area contributed by atoms with Crippen LogP contribution in [0.25, 0.3) is 0 Å². The number of rotatable bonds is 40. The van der Waals surface area contributed by atoms with Crippen molar-refractivity contribution in [1.82, 2.24) is 0 Å². The van der Waals surface area contributed by atoms with Crippen LogP contribution in [0.3, 0.4) is 0 Å². The van der Waals surface area contributed by atoms with Gasteiger partial charge in [0.05, 0.1) is 13.2 Å². The van der Waals surface area contributed by atoms with Crippen molar-refractivity contribution in [3.63, 3.8) is 0 Å². The van der Waals surface area contributed by atoms with Gasteiger partial charge in [0.2, 0.25) is 0 Å². The minimum Gasteiger partial charge on any atom is -0.462 e. The van der Waals surface area contributed by atoms with Crippen LogP contribution in [0, 0.1) is 0 Å². The van der Waals surface area contributed by atoms with Crippen LogP contribution in [-0.2, 0) is 32.7 Å². The molecule has 9 nitrogen and oxygen atoms in total. The standard InChI is InChI=1S/C45H80NO8P/c1-3-5-7-9-11-13-15-17-19-21-23-25-27-29-31-33-35-37-44(47)51-41-43(42-53-55(49,50)52-40-39-46)54-45(48)38-36-34-32-30-28-26-24-22-20-18-16-14-12-10-8-6-4-2/h8,10,13-16,20,22,26,28,43H,3-7,9,11-12,17-19,21,23-25,27,29-42,46H2,1-2H3,(H,49,50)/b10-8+,15-13+,16-14+,22-20+,28-26+/t43-/m1/s1. The van der Waals surface area contributed by atoms with Crippen molar-refractivity contribution < 1.29 is 37.6 Å². The summed E-state index contributed by atoms with van der Waals surface area (Å²) in [6.45, 7) is 3.61. The van der Waals surface area contributed by atoms with E-state index in [4.69, 9.17) is 24.3 Å². The first-order valence-corrected chi connectivity index (χ1v) is 23.3. The molecule has 1 unspecified atom stereocenters. The van der Waals surface area contributed by atoms with Gasteiger partial charge >= 0.3 is 19.8 Å². The van der Waals surface area contributed by atoms with Gasteiger partial charge in [-0.1, -0.05) is 152 Å². The fourth-order valence-electron chi connectivity index (χ4n) is 5.62. The summed E-state index contributed by atoms with van der Waals surface area (Å²) in [5, 5.41) is 0. The number of hydrogen-bond acceptors (Lipinski definition) is 8. The van der Waals surface area contributed by atoms with E-state index in [2.05, 4.69) is 74.6 Å². The van der Waals surface area contributed by atoms with Gasteiger partial charge in [0, 0.05) is 19.4 Å². The molecule has 0 rings (SSSR count). The number of allylic oxidation sites excluding steroid dienone is 10. The zero-order valence-corrected chi connectivity index (χ0v) is 35.8. The quantitative estimate of drug-likeness (QED) is 0.0269. The third kappa shape index (κ3) is 41.2. The maximum Gasteiger partial charge on any atom is 0.472 e. The van der Waals surface area contributed by atoms with Crippen LogP contribution in [0.1, 0.15) is 181 Å². The number of esters is 2. The summed E-state index contributed by atoms with van der Waals surface area (Å²) in [7, 11) is -4.39. The summed E-state index contributed by atoms with van der Waals surface area (Å²) in [4.78, 5) is 34.9. The Morgan fingerprint density at radius 1 is 0.545 bits per heavy atom. The number of ether oxygens (including phenoxy) is 2. The summed E-state index contributed by atoms with van der Waals surface area (Å²) in [5.41, 5.74) is 5.34. The molecule has 0 aliphatic rings. The minimum absolute atomic E-state index is 0.0453. The van der Waals surface area contributed by atoms with E-state index in [1.165, 1.54) is 83.5 Å². The molecule has 0 saturated carbocycles. The largest absolute Gasteiger partial charge is 0.472 e. The molecule has 0 aromatic rings. The molecule has 0 saturated heterocycles. The lowest BCUT2D eigenvalue weighted by atomic mass is 10.1. The second-order valence-corrected chi connectivity index (χ2v) is 15.7. The number of carbonyl (C=O) groups is 2. The van der Waals surface area contributed by atoms with Crippen molar-refractivity contribution in [3.8, 4) is 0 Å². The lowest BCUT2D eigenvalue weighted by Crippen LogP contribution is -2.29. The van der Waals surface area contributed by atoms with Crippen LogP contribution in [-0.4, -0.2) is 49.3 Å². The molecule has 0 bridgehead atoms. The van der Waals surface area contributed by atoms with E-state index in [0.29, 0.717) is 6.42 Å². The third-order valence-electron chi connectivity index (χ3n) is 8.86. The fraction of sp³-hybridized carbons (Fsp3) is 0.733. The van der Waals surface area contributed by atoms with E-state index in [9.17, 15) is 19.0 Å². The predicted molar refractivity (Wildman–Crippen MR) is 229 cm³/mol. The number of phosphoric ester groups is 1. The molecule has 0 aliphatic heterocycles. The Morgan fingerprint density at radius 2 is 0.982 bits per heavy atom. The van der Waals surface area contributed by atoms with Gasteiger partial charge in [0.25, 0.3) is 0 Å². The van der Waals surface area contributed by atoms with Gasteiger partial charge in [-0.2, -0.15) is 0 Å². The van der Waals surface area contributed by atoms with Crippen LogP contribution in [0.5, 0.6) is 0 Å². The molecular weight excluding hydrogens is 713 g/mol. The van der Waals surface area contributed by atoms with Gasteiger partial charge in [0.15, 0.2) is 6.10 Å². The first kappa shape index (κ1) is 52.7. The maximum absolute atomic E-state index is 12.6. The van der Waals surface area contributed by atoms with E-state index in [-0.39, 0.29) is 32.6 Å². The molecule has 0 fully saturated rings. The van der Waals surface area contributed by atoms with Crippen molar-refractivity contribution >= 4 is 19.8 Å². The van der Waals surface area contributed by atoms with Crippen molar-refractivity contribution in [2.45, 2.75) is 187 Å². The first-order valence-electron chi connectivity index (χ1n) is 21.8. The van der Waals surface area contributed by atoms with Gasteiger partial charge in [0.1, 0.15) is 6.61 Å². The molecule has 55 heavy (non-hydrogen) atoms. The normalized spacial score (nSPS) is 13.9. The van der Waals surface area contributed by atoms with Gasteiger partial charge in [-0.3, -0.25) is 18.6 Å². The highest BCUT2D eigenvalue weighted by Crippen LogP contribution is 2.43. The third-order valence-corrected chi connectivity index (χ3v) is 9.84. The predicted octanol–water partition coefficient (Wildman–Crippen LogP) is 12.5. The van der Waals surface area contributed by atoms with Crippen molar-refractivity contribution in [3.05, 3.63) is 60.8 Å². The topological polar surface area (TPSA) is 134 Å². The Bertz CT molecular complexity index is 1090. The minimum atomic E-state index is -4.39. The van der Waals surface area contributed by atoms with Gasteiger partial charge in [-0.05, 0) is 77.0 Å². The molecule has 10 heteroatoms. The number of hydrogen-bond donors (Lipinski definition) is 2. The van der Waals surface area contributed by atoms with Crippen LogP contribution in [0.2, 0.25) is 0 Å². The number of phosphoric acid groups is 1. The van der Waals surface area contributed by atoms with Crippen LogP contribution >= 0.6 is 7.82 Å². The Labute approximate surface area is 336 Å². The second kappa shape index (κ2) is 41.3. The molecule has 318 valence electrons. The average Bonchev–Trinajstić information content (AvgIpc) is 3.17. The molecule has 0 amide bonds. The van der Waals surface area contributed by atoms with Gasteiger partial charge in [-0.25, -0.2) is 4.57 Å². The average molecular weight is 794 g/mol. The highest BCUT2D eigenvalue weighted by Gasteiger charge is 2.26. The maximum atomic E-state index is 12.6. The second-order valence-electron chi connectivity index (χ2n) is 14.2. The zero-order valence-electron chi connectivity index (χ0n) is 34.9. The fourth-order valence-corrected chi connectivity index (χ4v) is 6.38. The summed E-state index contributed by atoms with van der Waals surface area (Å²) in [6.07, 6.45) is 48.2. The Hall–Kier alpha value is -2.29. The molecule has 2 atom stereocenters. The SMILES string of the molecule is CCC/C=C/C/C=C/C/C=C/C/C=C/CCCCCC(=O)O[C@H](COC(=O)CCCCCCCCCCC/C=C/CCCCCC)COP(=O)(O)OCCN. The first-order chi connectivity index (χ1) is 26.8. The molecule has 0 aromatic carbocycles. The molecule has 0 aromatic heterocycles. The van der Waals surface area contributed by atoms with Crippen molar-refractivity contribution in [1.29, 1.82) is 0 Å². The highest BCUT2D eigenvalue weighted by molar-refractivity contribution is 7.47. The van der Waals surface area contributed by atoms with Crippen LogP contribution in [0.4, 0.5) is 0 Å². The lowest BCUT2D eigenvalue weighted by Gasteiger charge is -2.19. The Morgan fingerprint density at radius 3 is 1.51 bits per heavy atom. The van der Waals surface area contributed by atoms with E-state index >= 15 is 0 Å². The molecule has 0 heterocycles. The Balaban J connectivity index is 4.22. The van der Waals surface area contributed by atoms with E-state index in [0.717, 1.165) is 64.2 Å². The summed E-state index contributed by atoms with van der Waals surface area (Å²) < 4.78 is 32.7. The monoisotopic (exact) mass is 794 g/mol. The molecule has 0 radical (unpaired) electrons. The van der Waals surface area contributed by atoms with Gasteiger partial charge < -0.3 is 20.1 Å². The van der Waals surface area contributed by atoms with Gasteiger partial charge in [-0.15, -0.1) is 0 Å². The Kier molecular flexibility index (Phi) is 39.6. The van der Waals surface area contributed by atoms with Crippen molar-refractivity contribution in [2.24, 2.45) is 5.73 Å². The zero-order chi connectivity index (χ0) is 40.3. The number of carbonyl (C=O) groups excluding carboxylic acids is 2. The smallest absolute Gasteiger partial charge is 0.462 e. The van der Waals surface area contributed by atoms with Crippen LogP contribution in [0.15, 0.2) is 60.8 Å². The molecule has 3 N–H and O–H groups in total. The summed E-state index contributed by atoms with van der Waals surface area (Å²) in [5.74, 6) is -0.870. The van der Waals surface area contributed by atoms with E-state index < -0.39 is 32.5 Å². The number of nitrogens with two attached hydrogens (primary N) is 1. The van der Waals surface area contributed by atoms with Crippen LogP contribution < -0.4 is 5.73 Å². The number of unbranched alkanes of at least 4 members (excludes halogenated alkanes) is 17. The highest BCUT2D eigenvalue weighted by atomic mass is 31.2. The lowest BCUT2D eigenvalue weighted by molar-refractivity contribution is -0.161. The summed E-state index contributed by atoms with van der Waals surface area (Å²) >= 11 is 0.